The molecule has 4 N–H and O–H groups in total. The molecule has 138 valence electrons. The molecule has 0 heterocycles. The number of hydrogen-bond acceptors (Lipinski definition) is 3. The molecule has 2 rings (SSSR count). The second kappa shape index (κ2) is 7.91. The van der Waals surface area contributed by atoms with Crippen molar-refractivity contribution in [3.63, 3.8) is 0 Å². The maximum Gasteiger partial charge on any atom is 0.313 e. The van der Waals surface area contributed by atoms with Crippen LogP contribution in [0.15, 0.2) is 24.3 Å². The van der Waals surface area contributed by atoms with Gasteiger partial charge in [-0.15, -0.1) is 0 Å². The summed E-state index contributed by atoms with van der Waals surface area (Å²) in [7, 11) is 0. The maximum absolute atomic E-state index is 14.1. The van der Waals surface area contributed by atoms with Gasteiger partial charge in [0.15, 0.2) is 0 Å². The van der Waals surface area contributed by atoms with Crippen LogP contribution in [0.1, 0.15) is 38.2 Å². The van der Waals surface area contributed by atoms with Gasteiger partial charge >= 0.3 is 11.8 Å². The first-order valence-corrected chi connectivity index (χ1v) is 8.53. The molecule has 1 aliphatic carbocycles. The summed E-state index contributed by atoms with van der Waals surface area (Å²) < 4.78 is 28.2. The van der Waals surface area contributed by atoms with Crippen LogP contribution in [0.4, 0.5) is 14.5 Å². The first-order chi connectivity index (χ1) is 11.8. The van der Waals surface area contributed by atoms with Crippen molar-refractivity contribution in [3.05, 3.63) is 29.8 Å². The van der Waals surface area contributed by atoms with Gasteiger partial charge in [0, 0.05) is 24.1 Å². The number of hydrogen-bond donors (Lipinski definition) is 3. The van der Waals surface area contributed by atoms with E-state index in [-0.39, 0.29) is 13.0 Å². The monoisotopic (exact) mass is 353 g/mol. The van der Waals surface area contributed by atoms with Crippen LogP contribution in [-0.2, 0) is 16.0 Å². The summed E-state index contributed by atoms with van der Waals surface area (Å²) in [5, 5.41) is 4.84. The van der Waals surface area contributed by atoms with Gasteiger partial charge in [0.1, 0.15) is 0 Å². The molecule has 0 spiro atoms. The van der Waals surface area contributed by atoms with Crippen LogP contribution >= 0.6 is 0 Å². The van der Waals surface area contributed by atoms with E-state index in [1.165, 1.54) is 6.92 Å². The summed E-state index contributed by atoms with van der Waals surface area (Å²) in [5.41, 5.74) is 5.59. The fourth-order valence-corrected chi connectivity index (χ4v) is 3.08. The highest BCUT2D eigenvalue weighted by Gasteiger charge is 2.51. The summed E-state index contributed by atoms with van der Waals surface area (Å²) in [6.45, 7) is 1.71. The third kappa shape index (κ3) is 4.75. The van der Waals surface area contributed by atoms with Crippen molar-refractivity contribution in [1.29, 1.82) is 0 Å². The smallest absolute Gasteiger partial charge is 0.313 e. The molecule has 1 aromatic rings. The predicted molar refractivity (Wildman–Crippen MR) is 92.4 cm³/mol. The number of carbonyl (C=O) groups excluding carboxylic acids is 2. The zero-order valence-electron chi connectivity index (χ0n) is 14.4. The number of anilines is 1. The predicted octanol–water partition coefficient (Wildman–Crippen LogP) is 2.46. The van der Waals surface area contributed by atoms with Crippen LogP contribution in [0.25, 0.3) is 0 Å². The Morgan fingerprint density at radius 1 is 1.20 bits per heavy atom. The van der Waals surface area contributed by atoms with Gasteiger partial charge in [-0.25, -0.2) is 8.78 Å². The Balaban J connectivity index is 1.92. The standard InChI is InChI=1S/C18H25F2N3O2/c1-17(8-2-3-9-18(17,19)20)12-22-15(24)16(25)23-14-6-4-5-13(11-14)7-10-21/h4-6,11H,2-3,7-10,12,21H2,1H3,(H,22,24)(H,23,25). The molecule has 1 unspecified atom stereocenters. The minimum atomic E-state index is -2.84. The van der Waals surface area contributed by atoms with Crippen LogP contribution in [-0.4, -0.2) is 30.8 Å². The van der Waals surface area contributed by atoms with Gasteiger partial charge in [-0.05, 0) is 43.5 Å². The van der Waals surface area contributed by atoms with Gasteiger partial charge in [0.05, 0.1) is 0 Å². The number of benzene rings is 1. The van der Waals surface area contributed by atoms with Gasteiger partial charge in [-0.2, -0.15) is 0 Å². The Hall–Kier alpha value is -2.02. The summed E-state index contributed by atoms with van der Waals surface area (Å²) >= 11 is 0. The van der Waals surface area contributed by atoms with Gasteiger partial charge in [-0.3, -0.25) is 9.59 Å². The Morgan fingerprint density at radius 3 is 2.60 bits per heavy atom. The fraction of sp³-hybridized carbons (Fsp3) is 0.556. The minimum Gasteiger partial charge on any atom is -0.347 e. The average molecular weight is 353 g/mol. The minimum absolute atomic E-state index is 0.181. The molecule has 7 heteroatoms. The zero-order chi connectivity index (χ0) is 18.5. The van der Waals surface area contributed by atoms with E-state index < -0.39 is 23.2 Å². The van der Waals surface area contributed by atoms with Gasteiger partial charge < -0.3 is 16.4 Å². The van der Waals surface area contributed by atoms with E-state index in [0.29, 0.717) is 37.9 Å². The molecule has 25 heavy (non-hydrogen) atoms. The highest BCUT2D eigenvalue weighted by molar-refractivity contribution is 6.39. The van der Waals surface area contributed by atoms with Crippen molar-refractivity contribution >= 4 is 17.5 Å². The van der Waals surface area contributed by atoms with Crippen molar-refractivity contribution in [2.75, 3.05) is 18.4 Å². The van der Waals surface area contributed by atoms with Gasteiger partial charge in [0.2, 0.25) is 0 Å². The third-order valence-electron chi connectivity index (χ3n) is 4.82. The SMILES string of the molecule is CC1(CNC(=O)C(=O)Nc2cccc(CCN)c2)CCCCC1(F)F. The van der Waals surface area contributed by atoms with Crippen molar-refractivity contribution in [2.24, 2.45) is 11.1 Å². The molecule has 1 saturated carbocycles. The van der Waals surface area contributed by atoms with Crippen molar-refractivity contribution in [2.45, 2.75) is 45.0 Å². The molecule has 0 saturated heterocycles. The van der Waals surface area contributed by atoms with Crippen LogP contribution in [0, 0.1) is 5.41 Å². The second-order valence-corrected chi connectivity index (χ2v) is 6.85. The number of amides is 2. The lowest BCUT2D eigenvalue weighted by atomic mass is 9.72. The summed E-state index contributed by atoms with van der Waals surface area (Å²) in [5.74, 6) is -4.62. The Morgan fingerprint density at radius 2 is 1.92 bits per heavy atom. The topological polar surface area (TPSA) is 84.2 Å². The van der Waals surface area contributed by atoms with Gasteiger partial charge in [-0.1, -0.05) is 25.5 Å². The lowest BCUT2D eigenvalue weighted by Crippen LogP contribution is -2.51. The van der Waals surface area contributed by atoms with Crippen molar-refractivity contribution in [3.8, 4) is 0 Å². The molecular formula is C18H25F2N3O2. The zero-order valence-corrected chi connectivity index (χ0v) is 14.4. The number of halogens is 2. The van der Waals surface area contributed by atoms with E-state index in [1.807, 2.05) is 6.07 Å². The van der Waals surface area contributed by atoms with E-state index in [4.69, 9.17) is 5.73 Å². The van der Waals surface area contributed by atoms with E-state index in [0.717, 1.165) is 5.56 Å². The molecule has 0 bridgehead atoms. The second-order valence-electron chi connectivity index (χ2n) is 6.85. The first-order valence-electron chi connectivity index (χ1n) is 8.53. The molecule has 2 amide bonds. The summed E-state index contributed by atoms with van der Waals surface area (Å²) in [6.07, 6.45) is 1.98. The molecular weight excluding hydrogens is 328 g/mol. The molecule has 1 fully saturated rings. The first kappa shape index (κ1) is 19.3. The van der Waals surface area contributed by atoms with E-state index in [2.05, 4.69) is 10.6 Å². The van der Waals surface area contributed by atoms with Gasteiger partial charge in [0.25, 0.3) is 5.92 Å². The number of nitrogens with two attached hydrogens (primary N) is 1. The summed E-state index contributed by atoms with van der Waals surface area (Å²) in [6, 6.07) is 7.01. The highest BCUT2D eigenvalue weighted by Crippen LogP contribution is 2.47. The molecule has 1 aliphatic rings. The Bertz CT molecular complexity index is 637. The van der Waals surface area contributed by atoms with Crippen LogP contribution < -0.4 is 16.4 Å². The Kier molecular flexibility index (Phi) is 6.11. The van der Waals surface area contributed by atoms with Crippen LogP contribution in [0.3, 0.4) is 0 Å². The molecule has 1 aromatic carbocycles. The molecule has 0 aromatic heterocycles. The van der Waals surface area contributed by atoms with Crippen LogP contribution in [0.5, 0.6) is 0 Å². The third-order valence-corrected chi connectivity index (χ3v) is 4.82. The lowest BCUT2D eigenvalue weighted by Gasteiger charge is -2.41. The van der Waals surface area contributed by atoms with E-state index in [1.54, 1.807) is 18.2 Å². The normalized spacial score (nSPS) is 22.2. The summed E-state index contributed by atoms with van der Waals surface area (Å²) in [4.78, 5) is 24.0. The Labute approximate surface area is 146 Å². The average Bonchev–Trinajstić information content (AvgIpc) is 2.56. The van der Waals surface area contributed by atoms with Crippen LogP contribution in [0.2, 0.25) is 0 Å². The number of nitrogens with one attached hydrogen (secondary N) is 2. The molecule has 5 nitrogen and oxygen atoms in total. The fourth-order valence-electron chi connectivity index (χ4n) is 3.08. The molecule has 0 radical (unpaired) electrons. The molecule has 1 atom stereocenters. The van der Waals surface area contributed by atoms with E-state index >= 15 is 0 Å². The number of carbonyl (C=O) groups is 2. The van der Waals surface area contributed by atoms with Crippen molar-refractivity contribution in [1.82, 2.24) is 5.32 Å². The van der Waals surface area contributed by atoms with Crippen molar-refractivity contribution < 1.29 is 18.4 Å². The maximum atomic E-state index is 14.1. The largest absolute Gasteiger partial charge is 0.347 e. The van der Waals surface area contributed by atoms with E-state index in [9.17, 15) is 18.4 Å². The number of alkyl halides is 2. The lowest BCUT2D eigenvalue weighted by molar-refractivity contribution is -0.147. The number of rotatable bonds is 5. The molecule has 0 aliphatic heterocycles. The highest BCUT2D eigenvalue weighted by atomic mass is 19.3. The quantitative estimate of drug-likeness (QED) is 0.711.